The fraction of sp³-hybridized carbons (Fsp3) is 0. The van der Waals surface area contributed by atoms with Crippen LogP contribution in [0.5, 0.6) is 0 Å². The Labute approximate surface area is 338 Å². The van der Waals surface area contributed by atoms with Crippen LogP contribution in [0.1, 0.15) is 0 Å². The lowest BCUT2D eigenvalue weighted by atomic mass is 9.33. The third kappa shape index (κ3) is 3.56. The summed E-state index contributed by atoms with van der Waals surface area (Å²) in [5.41, 5.74) is 18.8. The molecule has 0 bridgehead atoms. The molecule has 15 rings (SSSR count). The van der Waals surface area contributed by atoms with Gasteiger partial charge in [0.05, 0.1) is 38.8 Å². The molecule has 13 aromatic rings. The van der Waals surface area contributed by atoms with E-state index < -0.39 is 0 Å². The minimum atomic E-state index is -0.0251. The van der Waals surface area contributed by atoms with Crippen LogP contribution in [0.3, 0.4) is 0 Å². The molecule has 4 aromatic heterocycles. The molecule has 0 amide bonds. The number of anilines is 6. The van der Waals surface area contributed by atoms with Crippen molar-refractivity contribution < 1.29 is 0 Å². The minimum absolute atomic E-state index is 0.0251. The van der Waals surface area contributed by atoms with Gasteiger partial charge in [-0.1, -0.05) is 127 Å². The second kappa shape index (κ2) is 10.6. The molecule has 0 fully saturated rings. The lowest BCUT2D eigenvalue weighted by Gasteiger charge is -2.44. The highest BCUT2D eigenvalue weighted by Gasteiger charge is 2.45. The molecule has 0 saturated carbocycles. The van der Waals surface area contributed by atoms with Crippen molar-refractivity contribution in [3.8, 4) is 0 Å². The molecule has 2 aliphatic heterocycles. The van der Waals surface area contributed by atoms with Crippen molar-refractivity contribution in [2.24, 2.45) is 0 Å². The molecule has 6 heterocycles. The summed E-state index contributed by atoms with van der Waals surface area (Å²) in [6, 6.07) is 70.3. The van der Waals surface area contributed by atoms with Crippen LogP contribution in [0.2, 0.25) is 0 Å². The van der Waals surface area contributed by atoms with Crippen LogP contribution >= 0.6 is 0 Å². The van der Waals surface area contributed by atoms with Gasteiger partial charge in [-0.25, -0.2) is 0 Å². The van der Waals surface area contributed by atoms with Crippen molar-refractivity contribution in [3.63, 3.8) is 0 Å². The zero-order valence-electron chi connectivity index (χ0n) is 31.8. The van der Waals surface area contributed by atoms with Gasteiger partial charge >= 0.3 is 0 Å². The van der Waals surface area contributed by atoms with Crippen molar-refractivity contribution in [3.05, 3.63) is 188 Å². The van der Waals surface area contributed by atoms with E-state index in [2.05, 4.69) is 207 Å². The summed E-state index contributed by atoms with van der Waals surface area (Å²) >= 11 is 0. The fourth-order valence-electron chi connectivity index (χ4n) is 11.5. The molecule has 2 aliphatic rings. The molecular formula is C54H31BN4. The van der Waals surface area contributed by atoms with E-state index in [0.717, 1.165) is 11.4 Å². The first-order valence-corrected chi connectivity index (χ1v) is 20.6. The molecule has 9 aromatic carbocycles. The number of rotatable bonds is 2. The SMILES string of the molecule is c1ccc(N2c3cc4c(cc3B3c5cc6c7ccccc7n7c8ccccc8c(c5N(c5ccccc5)c5cccc2c53)c67)c2cccc3c5ccccc5n4c32)cc1. The lowest BCUT2D eigenvalue weighted by Crippen LogP contribution is -2.61. The van der Waals surface area contributed by atoms with Crippen LogP contribution in [-0.2, 0) is 0 Å². The molecule has 0 saturated heterocycles. The Bertz CT molecular complexity index is 3920. The fourth-order valence-corrected chi connectivity index (χ4v) is 11.5. The number of hydrogen-bond acceptors (Lipinski definition) is 2. The van der Waals surface area contributed by atoms with Crippen LogP contribution in [0.4, 0.5) is 34.1 Å². The summed E-state index contributed by atoms with van der Waals surface area (Å²) in [6.07, 6.45) is 0. The summed E-state index contributed by atoms with van der Waals surface area (Å²) in [5.74, 6) is 0. The topological polar surface area (TPSA) is 15.3 Å². The predicted octanol–water partition coefficient (Wildman–Crippen LogP) is 12.1. The van der Waals surface area contributed by atoms with Crippen LogP contribution in [0.15, 0.2) is 188 Å². The first-order valence-electron chi connectivity index (χ1n) is 20.6. The molecule has 0 aliphatic carbocycles. The molecule has 59 heavy (non-hydrogen) atoms. The third-order valence-electron chi connectivity index (χ3n) is 13.7. The zero-order chi connectivity index (χ0) is 38.1. The Morgan fingerprint density at radius 3 is 1.54 bits per heavy atom. The number of hydrogen-bond donors (Lipinski definition) is 0. The molecule has 0 unspecified atom stereocenters. The number of fused-ring (bicyclic) bond motifs is 17. The van der Waals surface area contributed by atoms with E-state index >= 15 is 0 Å². The van der Waals surface area contributed by atoms with E-state index in [0.29, 0.717) is 0 Å². The summed E-state index contributed by atoms with van der Waals surface area (Å²) in [5, 5.41) is 10.4. The second-order valence-corrected chi connectivity index (χ2v) is 16.4. The average Bonchev–Trinajstić information content (AvgIpc) is 4.02. The Hall–Kier alpha value is -7.76. The van der Waals surface area contributed by atoms with E-state index in [9.17, 15) is 0 Å². The smallest absolute Gasteiger partial charge is 0.252 e. The number of para-hydroxylation sites is 6. The maximum Gasteiger partial charge on any atom is 0.252 e. The minimum Gasteiger partial charge on any atom is -0.311 e. The molecular weight excluding hydrogens is 715 g/mol. The van der Waals surface area contributed by atoms with Crippen molar-refractivity contribution in [1.82, 2.24) is 8.80 Å². The lowest BCUT2D eigenvalue weighted by molar-refractivity contribution is 1.26. The molecule has 0 N–H and O–H groups in total. The van der Waals surface area contributed by atoms with Crippen LogP contribution in [0.25, 0.3) is 76.2 Å². The highest BCUT2D eigenvalue weighted by atomic mass is 15.2. The van der Waals surface area contributed by atoms with Gasteiger partial charge in [0.25, 0.3) is 6.71 Å². The van der Waals surface area contributed by atoms with Gasteiger partial charge in [-0.2, -0.15) is 0 Å². The number of benzene rings is 9. The summed E-state index contributed by atoms with van der Waals surface area (Å²) in [4.78, 5) is 5.10. The van der Waals surface area contributed by atoms with E-state index in [-0.39, 0.29) is 6.71 Å². The summed E-state index contributed by atoms with van der Waals surface area (Å²) in [6.45, 7) is -0.0251. The Balaban J connectivity index is 1.16. The van der Waals surface area contributed by atoms with Gasteiger partial charge in [0.1, 0.15) is 0 Å². The zero-order valence-corrected chi connectivity index (χ0v) is 31.8. The van der Waals surface area contributed by atoms with Gasteiger partial charge in [-0.15, -0.1) is 0 Å². The van der Waals surface area contributed by atoms with Gasteiger partial charge in [0.15, 0.2) is 0 Å². The molecule has 0 spiro atoms. The predicted molar refractivity (Wildman–Crippen MR) is 250 cm³/mol. The molecule has 5 heteroatoms. The second-order valence-electron chi connectivity index (χ2n) is 16.4. The van der Waals surface area contributed by atoms with Gasteiger partial charge < -0.3 is 18.6 Å². The van der Waals surface area contributed by atoms with E-state index in [4.69, 9.17) is 0 Å². The van der Waals surface area contributed by atoms with E-state index in [1.54, 1.807) is 0 Å². The van der Waals surface area contributed by atoms with Crippen LogP contribution in [0, 0.1) is 0 Å². The number of nitrogens with zero attached hydrogens (tertiary/aromatic N) is 4. The maximum absolute atomic E-state index is 2.57. The first-order chi connectivity index (χ1) is 29.3. The molecule has 0 radical (unpaired) electrons. The van der Waals surface area contributed by atoms with Crippen LogP contribution < -0.4 is 26.2 Å². The maximum atomic E-state index is 2.57. The van der Waals surface area contributed by atoms with Gasteiger partial charge in [0.2, 0.25) is 0 Å². The van der Waals surface area contributed by atoms with Gasteiger partial charge in [-0.3, -0.25) is 0 Å². The molecule has 4 nitrogen and oxygen atoms in total. The summed E-state index contributed by atoms with van der Waals surface area (Å²) < 4.78 is 5.04. The average molecular weight is 747 g/mol. The quantitative estimate of drug-likeness (QED) is 0.164. The van der Waals surface area contributed by atoms with E-state index in [1.807, 2.05) is 0 Å². The summed E-state index contributed by atoms with van der Waals surface area (Å²) in [7, 11) is 0. The Morgan fingerprint density at radius 1 is 0.322 bits per heavy atom. The van der Waals surface area contributed by atoms with Crippen molar-refractivity contribution in [1.29, 1.82) is 0 Å². The third-order valence-corrected chi connectivity index (χ3v) is 13.7. The van der Waals surface area contributed by atoms with Crippen LogP contribution in [-0.4, -0.2) is 15.5 Å². The normalized spacial score (nSPS) is 13.7. The van der Waals surface area contributed by atoms with Crippen molar-refractivity contribution >= 4 is 133 Å². The van der Waals surface area contributed by atoms with Crippen molar-refractivity contribution in [2.45, 2.75) is 0 Å². The van der Waals surface area contributed by atoms with Gasteiger partial charge in [-0.05, 0) is 77.1 Å². The van der Waals surface area contributed by atoms with E-state index in [1.165, 1.54) is 115 Å². The first kappa shape index (κ1) is 30.4. The standard InChI is InChI=1S/C54H31BN4/c1-3-15-32(16-4-1)56-46-27-14-28-47-51(46)55(41-29-39-37-23-13-22-36-34-19-7-10-24-43(34)59(52(36)37)48(39)31-49(41)56)42-30-40-35-20-8-11-25-44(35)58-45-26-12-9-21-38(45)50(53(40)58)54(42)57(47)33-17-5-2-6-18-33/h1-31H. The van der Waals surface area contributed by atoms with Gasteiger partial charge in [0, 0.05) is 71.5 Å². The highest BCUT2D eigenvalue weighted by molar-refractivity contribution is 7.01. The number of aromatic nitrogens is 2. The highest BCUT2D eigenvalue weighted by Crippen LogP contribution is 2.51. The largest absolute Gasteiger partial charge is 0.311 e. The van der Waals surface area contributed by atoms with Crippen molar-refractivity contribution in [2.75, 3.05) is 9.80 Å². The monoisotopic (exact) mass is 746 g/mol. The Morgan fingerprint density at radius 2 is 0.831 bits per heavy atom. The Kier molecular flexibility index (Phi) is 5.46. The molecule has 0 atom stereocenters. The molecule has 270 valence electrons.